The molecule has 6 rings (SSSR count). The Morgan fingerprint density at radius 2 is 1.96 bits per heavy atom. The van der Waals surface area contributed by atoms with Crippen molar-refractivity contribution in [1.29, 1.82) is 0 Å². The summed E-state index contributed by atoms with van der Waals surface area (Å²) in [5.41, 5.74) is 2.13. The maximum Gasteiger partial charge on any atom is 0.226 e. The summed E-state index contributed by atoms with van der Waals surface area (Å²) in [6, 6.07) is 10.9. The molecular formula is C23H25ClN3O. The van der Waals surface area contributed by atoms with E-state index in [0.717, 1.165) is 36.7 Å². The number of halogens is 1. The smallest absolute Gasteiger partial charge is 0.226 e. The third-order valence-corrected chi connectivity index (χ3v) is 7.14. The van der Waals surface area contributed by atoms with Crippen LogP contribution in [0.15, 0.2) is 30.3 Å². The molecular weight excluding hydrogens is 370 g/mol. The van der Waals surface area contributed by atoms with Gasteiger partial charge in [-0.15, -0.1) is 0 Å². The van der Waals surface area contributed by atoms with Crippen LogP contribution in [0.5, 0.6) is 0 Å². The topological polar surface area (TPSA) is 45.2 Å². The van der Waals surface area contributed by atoms with Gasteiger partial charge < -0.3 is 10.2 Å². The molecule has 1 N–H and O–H groups in total. The highest BCUT2D eigenvalue weighted by Crippen LogP contribution is 2.49. The Kier molecular flexibility index (Phi) is 3.96. The van der Waals surface area contributed by atoms with E-state index in [1.54, 1.807) is 0 Å². The minimum atomic E-state index is 0.0721. The fourth-order valence-electron chi connectivity index (χ4n) is 5.07. The Labute approximate surface area is 170 Å². The lowest BCUT2D eigenvalue weighted by Gasteiger charge is -2.48. The molecule has 1 amide bonds. The van der Waals surface area contributed by atoms with E-state index >= 15 is 0 Å². The number of carbonyl (C=O) groups excluding carboxylic acids is 1. The van der Waals surface area contributed by atoms with Gasteiger partial charge in [-0.1, -0.05) is 23.7 Å². The molecule has 4 fully saturated rings. The molecule has 4 nitrogen and oxygen atoms in total. The summed E-state index contributed by atoms with van der Waals surface area (Å²) in [4.78, 5) is 20.4. The summed E-state index contributed by atoms with van der Waals surface area (Å²) in [6.07, 6.45) is 8.13. The molecule has 2 heterocycles. The molecule has 28 heavy (non-hydrogen) atoms. The Morgan fingerprint density at radius 3 is 2.68 bits per heavy atom. The van der Waals surface area contributed by atoms with Crippen LogP contribution in [0.25, 0.3) is 10.9 Å². The van der Waals surface area contributed by atoms with E-state index in [2.05, 4.69) is 39.8 Å². The summed E-state index contributed by atoms with van der Waals surface area (Å²) in [7, 11) is 0. The van der Waals surface area contributed by atoms with Crippen LogP contribution in [0, 0.1) is 24.2 Å². The van der Waals surface area contributed by atoms with Gasteiger partial charge in [0.25, 0.3) is 0 Å². The number of rotatable bonds is 4. The number of fused-ring (bicyclic) bond motifs is 1. The molecule has 1 saturated heterocycles. The Morgan fingerprint density at radius 1 is 1.14 bits per heavy atom. The first kappa shape index (κ1) is 17.2. The lowest BCUT2D eigenvalue weighted by Crippen LogP contribution is -2.61. The van der Waals surface area contributed by atoms with Crippen LogP contribution in [-0.2, 0) is 4.79 Å². The van der Waals surface area contributed by atoms with E-state index in [1.165, 1.54) is 18.4 Å². The Hall–Kier alpha value is -1.65. The number of piperazine rings is 1. The summed E-state index contributed by atoms with van der Waals surface area (Å²) in [6.45, 7) is 0.934. The third-order valence-electron chi connectivity index (χ3n) is 6.93. The van der Waals surface area contributed by atoms with Crippen molar-refractivity contribution in [3.8, 4) is 0 Å². The number of carbonyl (C=O) groups is 1. The summed E-state index contributed by atoms with van der Waals surface area (Å²) < 4.78 is 0. The largest absolute Gasteiger partial charge is 0.329 e. The van der Waals surface area contributed by atoms with E-state index in [1.807, 2.05) is 12.1 Å². The van der Waals surface area contributed by atoms with E-state index in [9.17, 15) is 4.79 Å². The SMILES string of the molecule is O=C(C1CC1)N1C(C2CC2)CNC(C2[CH]C2)C1c1cccc2nc(Cl)ccc12. The average Bonchev–Trinajstić information content (AvgIpc) is 3.58. The van der Waals surface area contributed by atoms with E-state index in [4.69, 9.17) is 11.6 Å². The van der Waals surface area contributed by atoms with Gasteiger partial charge in [0.15, 0.2) is 0 Å². The zero-order chi connectivity index (χ0) is 18.8. The highest BCUT2D eigenvalue weighted by molar-refractivity contribution is 6.29. The minimum absolute atomic E-state index is 0.0721. The molecule has 1 radical (unpaired) electrons. The molecule has 1 aliphatic heterocycles. The van der Waals surface area contributed by atoms with Crippen molar-refractivity contribution in [2.45, 2.75) is 50.2 Å². The molecule has 4 unspecified atom stereocenters. The maximum absolute atomic E-state index is 13.5. The Balaban J connectivity index is 1.50. The maximum atomic E-state index is 13.5. The highest BCUT2D eigenvalue weighted by atomic mass is 35.5. The second-order valence-electron chi connectivity index (χ2n) is 8.99. The first-order valence-electron chi connectivity index (χ1n) is 10.6. The molecule has 3 saturated carbocycles. The van der Waals surface area contributed by atoms with Gasteiger partial charge in [-0.25, -0.2) is 4.98 Å². The molecule has 3 aliphatic carbocycles. The van der Waals surface area contributed by atoms with Gasteiger partial charge in [0.2, 0.25) is 5.91 Å². The monoisotopic (exact) mass is 394 g/mol. The number of nitrogens with one attached hydrogen (secondary N) is 1. The normalized spacial score (nSPS) is 30.6. The number of hydrogen-bond acceptors (Lipinski definition) is 3. The summed E-state index contributed by atoms with van der Waals surface area (Å²) in [5, 5.41) is 5.48. The number of amides is 1. The van der Waals surface area contributed by atoms with Gasteiger partial charge in [0, 0.05) is 29.9 Å². The van der Waals surface area contributed by atoms with Crippen molar-refractivity contribution in [3.63, 3.8) is 0 Å². The van der Waals surface area contributed by atoms with Gasteiger partial charge in [-0.05, 0) is 74.1 Å². The van der Waals surface area contributed by atoms with Crippen molar-refractivity contribution in [2.24, 2.45) is 17.8 Å². The number of hydrogen-bond donors (Lipinski definition) is 1. The van der Waals surface area contributed by atoms with Crippen LogP contribution in [0.1, 0.15) is 43.7 Å². The van der Waals surface area contributed by atoms with Gasteiger partial charge in [0.05, 0.1) is 11.6 Å². The predicted molar refractivity (Wildman–Crippen MR) is 110 cm³/mol. The second-order valence-corrected chi connectivity index (χ2v) is 9.37. The fourth-order valence-corrected chi connectivity index (χ4v) is 5.23. The third kappa shape index (κ3) is 2.93. The Bertz CT molecular complexity index is 935. The number of nitrogens with zero attached hydrogens (tertiary/aromatic N) is 2. The van der Waals surface area contributed by atoms with E-state index in [0.29, 0.717) is 35.0 Å². The lowest BCUT2D eigenvalue weighted by atomic mass is 9.86. The van der Waals surface area contributed by atoms with Crippen LogP contribution in [0.4, 0.5) is 0 Å². The van der Waals surface area contributed by atoms with Crippen molar-refractivity contribution in [3.05, 3.63) is 47.5 Å². The average molecular weight is 395 g/mol. The molecule has 0 bridgehead atoms. The van der Waals surface area contributed by atoms with Crippen LogP contribution in [0.3, 0.4) is 0 Å². The molecule has 1 aromatic heterocycles. The lowest BCUT2D eigenvalue weighted by molar-refractivity contribution is -0.141. The van der Waals surface area contributed by atoms with Crippen molar-refractivity contribution >= 4 is 28.4 Å². The number of aromatic nitrogens is 1. The first-order chi connectivity index (χ1) is 13.7. The zero-order valence-electron chi connectivity index (χ0n) is 15.9. The standard InChI is InChI=1S/C23H25ClN3O/c24-20-11-10-16-17(2-1-3-18(16)26-20)22-21(14-6-7-14)25-12-19(13-4-5-13)27(22)23(28)15-8-9-15/h1-3,6,10-11,13-15,19,21-22,25H,4-5,7-9,12H2. The molecule has 4 atom stereocenters. The molecule has 5 heteroatoms. The quantitative estimate of drug-likeness (QED) is 0.792. The molecule has 2 aromatic rings. The van der Waals surface area contributed by atoms with Gasteiger partial charge >= 0.3 is 0 Å². The van der Waals surface area contributed by atoms with Crippen molar-refractivity contribution in [1.82, 2.24) is 15.2 Å². The molecule has 0 spiro atoms. The number of pyridine rings is 1. The fraction of sp³-hybridized carbons (Fsp3) is 0.522. The predicted octanol–water partition coefficient (Wildman–Crippen LogP) is 4.14. The first-order valence-corrected chi connectivity index (χ1v) is 11.0. The van der Waals surface area contributed by atoms with E-state index in [-0.39, 0.29) is 12.0 Å². The van der Waals surface area contributed by atoms with Crippen LogP contribution < -0.4 is 5.32 Å². The van der Waals surface area contributed by atoms with Gasteiger partial charge in [-0.3, -0.25) is 4.79 Å². The highest BCUT2D eigenvalue weighted by Gasteiger charge is 2.52. The van der Waals surface area contributed by atoms with Crippen LogP contribution in [-0.4, -0.2) is 34.4 Å². The van der Waals surface area contributed by atoms with Gasteiger partial charge in [-0.2, -0.15) is 0 Å². The van der Waals surface area contributed by atoms with Crippen LogP contribution in [0.2, 0.25) is 5.15 Å². The van der Waals surface area contributed by atoms with Crippen LogP contribution >= 0.6 is 11.6 Å². The van der Waals surface area contributed by atoms with Crippen molar-refractivity contribution < 1.29 is 4.79 Å². The second kappa shape index (κ2) is 6.43. The molecule has 4 aliphatic rings. The van der Waals surface area contributed by atoms with Gasteiger partial charge in [0.1, 0.15) is 5.15 Å². The van der Waals surface area contributed by atoms with E-state index < -0.39 is 0 Å². The summed E-state index contributed by atoms with van der Waals surface area (Å²) >= 11 is 6.15. The molecule has 1 aromatic carbocycles. The number of benzene rings is 1. The van der Waals surface area contributed by atoms with Crippen molar-refractivity contribution in [2.75, 3.05) is 6.54 Å². The minimum Gasteiger partial charge on any atom is -0.329 e. The summed E-state index contributed by atoms with van der Waals surface area (Å²) in [5.74, 6) is 1.83. The molecule has 145 valence electrons. The zero-order valence-corrected chi connectivity index (χ0v) is 16.6.